The van der Waals surface area contributed by atoms with Crippen molar-refractivity contribution in [3.05, 3.63) is 112 Å². The van der Waals surface area contributed by atoms with Crippen LogP contribution >= 0.6 is 0 Å². The van der Waals surface area contributed by atoms with Gasteiger partial charge in [0.05, 0.1) is 11.2 Å². The van der Waals surface area contributed by atoms with Gasteiger partial charge in [-0.2, -0.15) is 0 Å². The van der Waals surface area contributed by atoms with Gasteiger partial charge < -0.3 is 25.7 Å². The lowest BCUT2D eigenvalue weighted by Crippen LogP contribution is -2.10. The summed E-state index contributed by atoms with van der Waals surface area (Å²) in [5.41, 5.74) is 13.5. The maximum Gasteiger partial charge on any atom is 0.311 e. The molecule has 0 aliphatic carbocycles. The molecule has 0 aliphatic rings. The first-order valence-electron chi connectivity index (χ1n) is 10.6. The number of carbonyl (C=O) groups is 2. The first kappa shape index (κ1) is 25.5. The van der Waals surface area contributed by atoms with Crippen molar-refractivity contribution in [2.24, 2.45) is 11.5 Å². The Hall–Kier alpha value is -5.12. The van der Waals surface area contributed by atoms with Gasteiger partial charge in [0.1, 0.15) is 12.4 Å². The second kappa shape index (κ2) is 11.3. The summed E-state index contributed by atoms with van der Waals surface area (Å²) in [6, 6.07) is 20.6. The molecule has 0 saturated carbocycles. The number of phenols is 1. The second-order valence-electron chi connectivity index (χ2n) is 7.65. The molecule has 1 aromatic heterocycles. The number of hydrogen-bond donors (Lipinski definition) is 3. The zero-order valence-electron chi connectivity index (χ0n) is 19.2. The molecule has 1 heterocycles. The average molecular weight is 489 g/mol. The number of nitro groups is 1. The van der Waals surface area contributed by atoms with E-state index in [0.29, 0.717) is 12.2 Å². The van der Waals surface area contributed by atoms with Gasteiger partial charge in [-0.3, -0.25) is 19.7 Å². The van der Waals surface area contributed by atoms with Crippen LogP contribution in [0.15, 0.2) is 83.5 Å². The number of primary amides is 2. The Labute approximate surface area is 205 Å². The van der Waals surface area contributed by atoms with Gasteiger partial charge in [0.2, 0.25) is 5.91 Å². The van der Waals surface area contributed by atoms with Gasteiger partial charge in [-0.1, -0.05) is 42.0 Å². The molecule has 10 heteroatoms. The maximum absolute atomic E-state index is 11.3. The Balaban J connectivity index is 0.000000236. The minimum atomic E-state index is -0.790. The molecular weight excluding hydrogens is 466 g/mol. The molecule has 0 saturated heterocycles. The minimum Gasteiger partial charge on any atom is -0.502 e. The van der Waals surface area contributed by atoms with Crippen LogP contribution in [-0.2, 0) is 6.61 Å². The summed E-state index contributed by atoms with van der Waals surface area (Å²) in [6.07, 6.45) is 1.46. The SMILES string of the molecule is Cc1ccc(OCc2ccc(-c3ccoc3C(N)=O)cc2)cc1.NC(=O)c1ccc(O)c([N+](=O)[O-])c1. The van der Waals surface area contributed by atoms with E-state index in [9.17, 15) is 19.7 Å². The standard InChI is InChI=1S/C19H17NO3.C7H6N2O4/c1-13-2-8-16(9-3-13)23-12-14-4-6-15(7-5-14)17-10-11-22-18(17)19(20)21;8-7(11)4-1-2-6(10)5(3-4)9(12)13/h2-11H,12H2,1H3,(H2,20,21);1-3,10H,(H2,8,11). The molecule has 0 atom stereocenters. The van der Waals surface area contributed by atoms with Crippen molar-refractivity contribution in [1.29, 1.82) is 0 Å². The zero-order valence-corrected chi connectivity index (χ0v) is 19.2. The molecule has 184 valence electrons. The Bertz CT molecular complexity index is 1380. The molecule has 3 aromatic carbocycles. The summed E-state index contributed by atoms with van der Waals surface area (Å²) in [4.78, 5) is 31.4. The number of nitro benzene ring substituents is 1. The highest BCUT2D eigenvalue weighted by Crippen LogP contribution is 2.26. The largest absolute Gasteiger partial charge is 0.502 e. The number of nitrogens with two attached hydrogens (primary N) is 2. The topological polar surface area (TPSA) is 172 Å². The van der Waals surface area contributed by atoms with Crippen LogP contribution in [0.3, 0.4) is 0 Å². The fraction of sp³-hybridized carbons (Fsp3) is 0.0769. The summed E-state index contributed by atoms with van der Waals surface area (Å²) in [5.74, 6) is -0.825. The number of phenolic OH excluding ortho intramolecular Hbond substituents is 1. The van der Waals surface area contributed by atoms with Crippen molar-refractivity contribution in [2.75, 3.05) is 0 Å². The van der Waals surface area contributed by atoms with E-state index in [1.807, 2.05) is 55.5 Å². The number of benzene rings is 3. The number of hydrogen-bond acceptors (Lipinski definition) is 7. The summed E-state index contributed by atoms with van der Waals surface area (Å²) >= 11 is 0. The van der Waals surface area contributed by atoms with E-state index in [1.165, 1.54) is 17.9 Å². The molecule has 0 spiro atoms. The van der Waals surface area contributed by atoms with Crippen molar-refractivity contribution in [3.63, 3.8) is 0 Å². The highest BCUT2D eigenvalue weighted by atomic mass is 16.6. The Kier molecular flexibility index (Phi) is 8.03. The number of aromatic hydroxyl groups is 1. The first-order valence-corrected chi connectivity index (χ1v) is 10.6. The lowest BCUT2D eigenvalue weighted by Gasteiger charge is -2.07. The van der Waals surface area contributed by atoms with Gasteiger partial charge in [-0.15, -0.1) is 0 Å². The van der Waals surface area contributed by atoms with E-state index in [4.69, 9.17) is 25.7 Å². The number of carbonyl (C=O) groups excluding carboxylic acids is 2. The van der Waals surface area contributed by atoms with Gasteiger partial charge in [0, 0.05) is 17.2 Å². The molecule has 0 unspecified atom stereocenters. The van der Waals surface area contributed by atoms with E-state index in [2.05, 4.69) is 0 Å². The van der Waals surface area contributed by atoms with E-state index in [-0.39, 0.29) is 11.3 Å². The fourth-order valence-electron chi connectivity index (χ4n) is 3.13. The van der Waals surface area contributed by atoms with E-state index < -0.39 is 28.2 Å². The van der Waals surface area contributed by atoms with Crippen molar-refractivity contribution in [1.82, 2.24) is 0 Å². The Morgan fingerprint density at radius 3 is 2.22 bits per heavy atom. The quantitative estimate of drug-likeness (QED) is 0.256. The van der Waals surface area contributed by atoms with E-state index in [1.54, 1.807) is 6.07 Å². The predicted molar refractivity (Wildman–Crippen MR) is 131 cm³/mol. The minimum absolute atomic E-state index is 0.00972. The average Bonchev–Trinajstić information content (AvgIpc) is 3.35. The molecule has 2 amide bonds. The molecule has 0 aliphatic heterocycles. The lowest BCUT2D eigenvalue weighted by atomic mass is 10.0. The number of ether oxygens (including phenoxy) is 1. The number of amides is 2. The first-order chi connectivity index (χ1) is 17.2. The van der Waals surface area contributed by atoms with Crippen LogP contribution in [0.5, 0.6) is 11.5 Å². The van der Waals surface area contributed by atoms with Gasteiger partial charge >= 0.3 is 5.69 Å². The molecule has 0 bridgehead atoms. The second-order valence-corrected chi connectivity index (χ2v) is 7.65. The van der Waals surface area contributed by atoms with Gasteiger partial charge in [0.25, 0.3) is 5.91 Å². The lowest BCUT2D eigenvalue weighted by molar-refractivity contribution is -0.385. The molecule has 0 radical (unpaired) electrons. The van der Waals surface area contributed by atoms with E-state index in [0.717, 1.165) is 29.0 Å². The summed E-state index contributed by atoms with van der Waals surface area (Å²) < 4.78 is 10.9. The number of aryl methyl sites for hydroxylation is 1. The van der Waals surface area contributed by atoms with E-state index >= 15 is 0 Å². The van der Waals surface area contributed by atoms with Crippen LogP contribution in [0.4, 0.5) is 5.69 Å². The molecule has 4 aromatic rings. The normalized spacial score (nSPS) is 10.1. The Morgan fingerprint density at radius 2 is 1.64 bits per heavy atom. The van der Waals surface area contributed by atoms with Crippen molar-refractivity contribution >= 4 is 17.5 Å². The molecule has 5 N–H and O–H groups in total. The Morgan fingerprint density at radius 1 is 0.972 bits per heavy atom. The van der Waals surface area contributed by atoms with Crippen LogP contribution < -0.4 is 16.2 Å². The molecule has 36 heavy (non-hydrogen) atoms. The number of rotatable bonds is 7. The smallest absolute Gasteiger partial charge is 0.311 e. The molecule has 0 fully saturated rings. The van der Waals surface area contributed by atoms with Crippen molar-refractivity contribution in [3.8, 4) is 22.6 Å². The molecular formula is C26H23N3O7. The van der Waals surface area contributed by atoms with Crippen LogP contribution in [0.2, 0.25) is 0 Å². The fourth-order valence-corrected chi connectivity index (χ4v) is 3.13. The van der Waals surface area contributed by atoms with Crippen LogP contribution in [0.1, 0.15) is 32.0 Å². The van der Waals surface area contributed by atoms with Gasteiger partial charge in [-0.05, 0) is 48.4 Å². The van der Waals surface area contributed by atoms with Crippen LogP contribution in [-0.4, -0.2) is 21.8 Å². The summed E-state index contributed by atoms with van der Waals surface area (Å²) in [6.45, 7) is 2.52. The maximum atomic E-state index is 11.3. The van der Waals surface area contributed by atoms with Gasteiger partial charge in [0.15, 0.2) is 11.5 Å². The number of nitrogens with zero attached hydrogens (tertiary/aromatic N) is 1. The summed E-state index contributed by atoms with van der Waals surface area (Å²) in [7, 11) is 0. The highest BCUT2D eigenvalue weighted by Gasteiger charge is 2.15. The third kappa shape index (κ3) is 6.48. The number of furan rings is 1. The van der Waals surface area contributed by atoms with Crippen molar-refractivity contribution < 1.29 is 28.8 Å². The molecule has 4 rings (SSSR count). The summed E-state index contributed by atoms with van der Waals surface area (Å²) in [5, 5.41) is 19.3. The monoisotopic (exact) mass is 489 g/mol. The third-order valence-electron chi connectivity index (χ3n) is 5.04. The highest BCUT2D eigenvalue weighted by molar-refractivity contribution is 5.97. The van der Waals surface area contributed by atoms with Crippen molar-refractivity contribution in [2.45, 2.75) is 13.5 Å². The van der Waals surface area contributed by atoms with Crippen LogP contribution in [0.25, 0.3) is 11.1 Å². The molecule has 10 nitrogen and oxygen atoms in total. The van der Waals surface area contributed by atoms with Gasteiger partial charge in [-0.25, -0.2) is 0 Å². The van der Waals surface area contributed by atoms with Crippen LogP contribution in [0, 0.1) is 17.0 Å². The third-order valence-corrected chi connectivity index (χ3v) is 5.04. The zero-order chi connectivity index (χ0) is 26.2. The predicted octanol–water partition coefficient (Wildman–Crippen LogP) is 4.33.